The molecule has 0 aliphatic carbocycles. The highest BCUT2D eigenvalue weighted by Gasteiger charge is 2.14. The molecule has 0 aliphatic rings. The van der Waals surface area contributed by atoms with E-state index < -0.39 is 0 Å². The Bertz CT molecular complexity index is 330. The van der Waals surface area contributed by atoms with Crippen molar-refractivity contribution in [3.63, 3.8) is 0 Å². The van der Waals surface area contributed by atoms with Gasteiger partial charge in [-0.25, -0.2) is 4.98 Å². The minimum atomic E-state index is 0.227. The van der Waals surface area contributed by atoms with Crippen molar-refractivity contribution in [3.8, 4) is 0 Å². The molecule has 1 heterocycles. The van der Waals surface area contributed by atoms with Gasteiger partial charge in [-0.05, 0) is 24.9 Å². The molecule has 1 unspecified atom stereocenters. The molecule has 1 aromatic rings. The van der Waals surface area contributed by atoms with Gasteiger partial charge in [-0.1, -0.05) is 24.9 Å². The summed E-state index contributed by atoms with van der Waals surface area (Å²) in [6, 6.07) is 0.387. The van der Waals surface area contributed by atoms with E-state index >= 15 is 0 Å². The summed E-state index contributed by atoms with van der Waals surface area (Å²) < 4.78 is 0. The summed E-state index contributed by atoms with van der Waals surface area (Å²) in [5, 5.41) is 0.759. The first-order chi connectivity index (χ1) is 7.06. The van der Waals surface area contributed by atoms with Crippen LogP contribution in [0.3, 0.4) is 0 Å². The predicted octanol–water partition coefficient (Wildman–Crippen LogP) is 3.41. The number of hydrogen-bond donors (Lipinski definition) is 0. The van der Waals surface area contributed by atoms with Gasteiger partial charge < -0.3 is 4.90 Å². The van der Waals surface area contributed by atoms with E-state index in [1.807, 2.05) is 11.9 Å². The van der Waals surface area contributed by atoms with Gasteiger partial charge in [0.15, 0.2) is 5.82 Å². The molecule has 0 aromatic carbocycles. The van der Waals surface area contributed by atoms with Gasteiger partial charge in [0, 0.05) is 13.1 Å². The summed E-state index contributed by atoms with van der Waals surface area (Å²) in [5.41, 5.74) is 0. The van der Waals surface area contributed by atoms with Crippen molar-refractivity contribution < 1.29 is 0 Å². The Morgan fingerprint density at radius 3 is 2.73 bits per heavy atom. The Morgan fingerprint density at radius 2 is 2.13 bits per heavy atom. The smallest absolute Gasteiger partial charge is 0.224 e. The molecule has 0 spiro atoms. The third-order valence-corrected chi connectivity index (χ3v) is 2.85. The van der Waals surface area contributed by atoms with Crippen LogP contribution in [-0.2, 0) is 0 Å². The van der Waals surface area contributed by atoms with E-state index in [2.05, 4.69) is 23.8 Å². The zero-order chi connectivity index (χ0) is 11.4. The first-order valence-electron chi connectivity index (χ1n) is 4.97. The molecule has 5 heteroatoms. The van der Waals surface area contributed by atoms with Gasteiger partial charge >= 0.3 is 0 Å². The minimum Gasteiger partial charge on any atom is -0.356 e. The second-order valence-corrected chi connectivity index (χ2v) is 4.30. The highest BCUT2D eigenvalue weighted by Crippen LogP contribution is 2.25. The molecule has 1 atom stereocenters. The Labute approximate surface area is 100 Å². The van der Waals surface area contributed by atoms with Gasteiger partial charge in [0.1, 0.15) is 5.02 Å². The normalized spacial score (nSPS) is 12.6. The van der Waals surface area contributed by atoms with Crippen LogP contribution in [-0.4, -0.2) is 23.1 Å². The molecule has 15 heavy (non-hydrogen) atoms. The average molecular weight is 248 g/mol. The van der Waals surface area contributed by atoms with Gasteiger partial charge in [0.05, 0.1) is 6.20 Å². The van der Waals surface area contributed by atoms with Gasteiger partial charge in [-0.3, -0.25) is 0 Å². The molecule has 0 aliphatic heterocycles. The minimum absolute atomic E-state index is 0.227. The zero-order valence-corrected chi connectivity index (χ0v) is 10.7. The fraction of sp³-hybridized carbons (Fsp3) is 0.600. The molecule has 0 fully saturated rings. The maximum absolute atomic E-state index is 6.01. The topological polar surface area (TPSA) is 29.0 Å². The third-order valence-electron chi connectivity index (χ3n) is 2.40. The van der Waals surface area contributed by atoms with Crippen LogP contribution in [0.4, 0.5) is 5.82 Å². The lowest BCUT2D eigenvalue weighted by Gasteiger charge is -2.26. The molecule has 1 aromatic heterocycles. The van der Waals surface area contributed by atoms with Gasteiger partial charge in [-0.15, -0.1) is 0 Å². The molecule has 0 amide bonds. The lowest BCUT2D eigenvalue weighted by molar-refractivity contribution is 0.611. The lowest BCUT2D eigenvalue weighted by Crippen LogP contribution is -2.29. The number of anilines is 1. The Hall–Kier alpha value is -0.540. The molecule has 0 saturated carbocycles. The van der Waals surface area contributed by atoms with E-state index in [0.29, 0.717) is 16.9 Å². The molecular formula is C10H15Cl2N3. The van der Waals surface area contributed by atoms with Gasteiger partial charge in [-0.2, -0.15) is 4.98 Å². The molecule has 0 saturated heterocycles. The Balaban J connectivity index is 2.89. The van der Waals surface area contributed by atoms with Crippen LogP contribution >= 0.6 is 23.2 Å². The number of rotatable bonds is 4. The molecular weight excluding hydrogens is 233 g/mol. The predicted molar refractivity (Wildman–Crippen MR) is 64.8 cm³/mol. The second-order valence-electron chi connectivity index (χ2n) is 3.56. The van der Waals surface area contributed by atoms with E-state index in [1.165, 1.54) is 6.20 Å². The second kappa shape index (κ2) is 5.52. The zero-order valence-electron chi connectivity index (χ0n) is 9.17. The summed E-state index contributed by atoms with van der Waals surface area (Å²) in [6.07, 6.45) is 3.75. The summed E-state index contributed by atoms with van der Waals surface area (Å²) in [4.78, 5) is 9.97. The first-order valence-corrected chi connectivity index (χ1v) is 5.72. The van der Waals surface area contributed by atoms with Crippen molar-refractivity contribution in [3.05, 3.63) is 16.5 Å². The largest absolute Gasteiger partial charge is 0.356 e. The van der Waals surface area contributed by atoms with Crippen molar-refractivity contribution in [2.75, 3.05) is 11.9 Å². The van der Waals surface area contributed by atoms with Crippen LogP contribution in [0.5, 0.6) is 0 Å². The molecule has 1 rings (SSSR count). The van der Waals surface area contributed by atoms with E-state index in [4.69, 9.17) is 23.2 Å². The fourth-order valence-corrected chi connectivity index (χ4v) is 1.76. The van der Waals surface area contributed by atoms with Crippen LogP contribution in [0.1, 0.15) is 26.7 Å². The number of nitrogens with zero attached hydrogens (tertiary/aromatic N) is 3. The fourth-order valence-electron chi connectivity index (χ4n) is 1.40. The van der Waals surface area contributed by atoms with Crippen molar-refractivity contribution in [1.82, 2.24) is 9.97 Å². The standard InChI is InChI=1S/C10H15Cl2N3/c1-4-5-7(2)15(3)9-8(11)6-13-10(12)14-9/h6-7H,4-5H2,1-3H3. The average Bonchev–Trinajstić information content (AvgIpc) is 2.21. The van der Waals surface area contributed by atoms with E-state index in [9.17, 15) is 0 Å². The van der Waals surface area contributed by atoms with Crippen molar-refractivity contribution in [2.24, 2.45) is 0 Å². The van der Waals surface area contributed by atoms with E-state index in [0.717, 1.165) is 12.8 Å². The Kier molecular flexibility index (Phi) is 4.61. The summed E-state index contributed by atoms with van der Waals surface area (Å²) in [7, 11) is 1.96. The van der Waals surface area contributed by atoms with Crippen LogP contribution in [0.2, 0.25) is 10.3 Å². The third kappa shape index (κ3) is 3.21. The van der Waals surface area contributed by atoms with Gasteiger partial charge in [0.25, 0.3) is 0 Å². The van der Waals surface area contributed by atoms with E-state index in [1.54, 1.807) is 0 Å². The number of halogens is 2. The summed E-state index contributed by atoms with van der Waals surface area (Å²) in [5.74, 6) is 0.692. The maximum Gasteiger partial charge on any atom is 0.224 e. The van der Waals surface area contributed by atoms with Crippen molar-refractivity contribution in [1.29, 1.82) is 0 Å². The highest BCUT2D eigenvalue weighted by atomic mass is 35.5. The molecule has 0 bridgehead atoms. The molecule has 0 radical (unpaired) electrons. The summed E-state index contributed by atoms with van der Waals surface area (Å²) in [6.45, 7) is 4.29. The number of aromatic nitrogens is 2. The van der Waals surface area contributed by atoms with E-state index in [-0.39, 0.29) is 5.28 Å². The maximum atomic E-state index is 6.01. The highest BCUT2D eigenvalue weighted by molar-refractivity contribution is 6.33. The Morgan fingerprint density at radius 1 is 1.47 bits per heavy atom. The SMILES string of the molecule is CCCC(C)N(C)c1nc(Cl)ncc1Cl. The van der Waals surface area contributed by atoms with Crippen LogP contribution in [0.15, 0.2) is 6.20 Å². The monoisotopic (exact) mass is 247 g/mol. The lowest BCUT2D eigenvalue weighted by atomic mass is 10.2. The first kappa shape index (κ1) is 12.5. The van der Waals surface area contributed by atoms with Crippen molar-refractivity contribution in [2.45, 2.75) is 32.7 Å². The molecule has 84 valence electrons. The molecule has 3 nitrogen and oxygen atoms in total. The number of hydrogen-bond acceptors (Lipinski definition) is 3. The van der Waals surface area contributed by atoms with Gasteiger partial charge in [0.2, 0.25) is 5.28 Å². The molecule has 0 N–H and O–H groups in total. The van der Waals surface area contributed by atoms with Crippen LogP contribution in [0.25, 0.3) is 0 Å². The van der Waals surface area contributed by atoms with Crippen LogP contribution in [0, 0.1) is 0 Å². The summed E-state index contributed by atoms with van der Waals surface area (Å²) >= 11 is 11.7. The van der Waals surface area contributed by atoms with Crippen LogP contribution < -0.4 is 4.90 Å². The quantitative estimate of drug-likeness (QED) is 0.764. The van der Waals surface area contributed by atoms with Crippen molar-refractivity contribution >= 4 is 29.0 Å².